The molecule has 0 saturated carbocycles. The first-order chi connectivity index (χ1) is 11.5. The first kappa shape index (κ1) is 16.2. The van der Waals surface area contributed by atoms with Crippen LogP contribution >= 0.6 is 38.3 Å². The van der Waals surface area contributed by atoms with Gasteiger partial charge in [0.15, 0.2) is 5.78 Å². The van der Waals surface area contributed by atoms with Crippen LogP contribution in [0.2, 0.25) is 0 Å². The van der Waals surface area contributed by atoms with E-state index in [1.807, 2.05) is 36.4 Å². The fourth-order valence-electron chi connectivity index (χ4n) is 2.87. The predicted molar refractivity (Wildman–Crippen MR) is 103 cm³/mol. The lowest BCUT2D eigenvalue weighted by Crippen LogP contribution is -2.31. The van der Waals surface area contributed by atoms with Gasteiger partial charge in [0.25, 0.3) is 0 Å². The van der Waals surface area contributed by atoms with E-state index in [4.69, 9.17) is 0 Å². The highest BCUT2D eigenvalue weighted by Gasteiger charge is 2.42. The molecule has 0 aromatic heterocycles. The highest BCUT2D eigenvalue weighted by atomic mass is 79.9. The minimum atomic E-state index is -3.23. The van der Waals surface area contributed by atoms with Crippen molar-refractivity contribution < 1.29 is 13.9 Å². The van der Waals surface area contributed by atoms with Crippen LogP contribution in [0.3, 0.4) is 0 Å². The number of carbonyl (C=O) groups excluding carboxylic acids is 1. The minimum absolute atomic E-state index is 0.250. The molecule has 1 aliphatic carbocycles. The Morgan fingerprint density at radius 3 is 2.50 bits per heavy atom. The van der Waals surface area contributed by atoms with Gasteiger partial charge < -0.3 is 0 Å². The molecule has 1 unspecified atom stereocenters. The Balaban J connectivity index is 1.84. The smallest absolute Gasteiger partial charge is 0.183 e. The van der Waals surface area contributed by atoms with E-state index in [9.17, 15) is 13.9 Å². The van der Waals surface area contributed by atoms with Crippen LogP contribution < -0.4 is 0 Å². The van der Waals surface area contributed by atoms with Crippen molar-refractivity contribution in [3.63, 3.8) is 0 Å². The number of benzene rings is 2. The quantitative estimate of drug-likeness (QED) is 0.618. The molecular formula is C18H13BrO3S2. The van der Waals surface area contributed by atoms with Gasteiger partial charge in [-0.3, -0.25) is 13.9 Å². The molecule has 0 bridgehead atoms. The highest BCUT2D eigenvalue weighted by molar-refractivity contribution is 9.10. The van der Waals surface area contributed by atoms with Gasteiger partial charge in [-0.05, 0) is 47.5 Å². The maximum Gasteiger partial charge on any atom is 0.183 e. The normalized spacial score (nSPS) is 22.4. The molecular weight excluding hydrogens is 408 g/mol. The highest BCUT2D eigenvalue weighted by Crippen LogP contribution is 2.65. The van der Waals surface area contributed by atoms with Gasteiger partial charge in [-0.15, -0.1) is 0 Å². The van der Waals surface area contributed by atoms with Gasteiger partial charge in [0.05, 0.1) is 4.90 Å². The van der Waals surface area contributed by atoms with E-state index in [0.717, 1.165) is 20.5 Å². The summed E-state index contributed by atoms with van der Waals surface area (Å²) >= 11 is 4.85. The lowest BCUT2D eigenvalue weighted by Gasteiger charge is -2.45. The Kier molecular flexibility index (Phi) is 3.97. The third kappa shape index (κ3) is 2.59. The summed E-state index contributed by atoms with van der Waals surface area (Å²) in [6.45, 7) is 0. The van der Waals surface area contributed by atoms with E-state index in [1.54, 1.807) is 18.2 Å². The van der Waals surface area contributed by atoms with Gasteiger partial charge >= 0.3 is 0 Å². The summed E-state index contributed by atoms with van der Waals surface area (Å²) in [6.07, 6.45) is 4.86. The average Bonchev–Trinajstić information content (AvgIpc) is 2.55. The summed E-state index contributed by atoms with van der Waals surface area (Å²) in [7, 11) is -3.23. The molecule has 2 aliphatic rings. The van der Waals surface area contributed by atoms with Gasteiger partial charge in [0.2, 0.25) is 0 Å². The molecule has 0 radical (unpaired) electrons. The molecule has 24 heavy (non-hydrogen) atoms. The Hall–Kier alpha value is -1.31. The maximum absolute atomic E-state index is 12.2. The number of halogens is 1. The third-order valence-electron chi connectivity index (χ3n) is 4.04. The van der Waals surface area contributed by atoms with Crippen molar-refractivity contribution in [3.05, 3.63) is 70.1 Å². The number of fused-ring (bicyclic) bond motifs is 2. The summed E-state index contributed by atoms with van der Waals surface area (Å²) in [5.74, 6) is -0.250. The molecule has 0 saturated heterocycles. The fraction of sp³-hybridized carbons (Fsp3) is 0.0556. The van der Waals surface area contributed by atoms with Crippen LogP contribution in [-0.4, -0.2) is 20.1 Å². The number of rotatable bonds is 1. The molecule has 2 aromatic rings. The number of carbonyl (C=O) groups is 1. The van der Waals surface area contributed by atoms with Gasteiger partial charge in [-0.25, -0.2) is 0 Å². The zero-order valence-electron chi connectivity index (χ0n) is 12.3. The van der Waals surface area contributed by atoms with Crippen molar-refractivity contribution in [1.82, 2.24) is 0 Å². The van der Waals surface area contributed by atoms with Crippen LogP contribution in [0.15, 0.2) is 79.9 Å². The topological polar surface area (TPSA) is 57.5 Å². The third-order valence-corrected chi connectivity index (χ3v) is 8.16. The molecule has 1 atom stereocenters. The first-order valence-electron chi connectivity index (χ1n) is 7.24. The lowest BCUT2D eigenvalue weighted by atomic mass is 10.1. The molecule has 2 N–H and O–H groups in total. The van der Waals surface area contributed by atoms with E-state index < -0.39 is 15.8 Å². The molecule has 0 amide bonds. The second-order valence-corrected chi connectivity index (χ2v) is 9.70. The Morgan fingerprint density at radius 2 is 1.75 bits per heavy atom. The zero-order valence-corrected chi connectivity index (χ0v) is 15.6. The van der Waals surface area contributed by atoms with E-state index in [0.29, 0.717) is 9.80 Å². The Morgan fingerprint density at radius 1 is 1.04 bits per heavy atom. The summed E-state index contributed by atoms with van der Waals surface area (Å²) < 4.78 is 22.6. The van der Waals surface area contributed by atoms with E-state index in [-0.39, 0.29) is 5.78 Å². The van der Waals surface area contributed by atoms with Crippen molar-refractivity contribution in [2.24, 2.45) is 0 Å². The van der Waals surface area contributed by atoms with E-state index in [2.05, 4.69) is 15.9 Å². The molecule has 3 nitrogen and oxygen atoms in total. The summed E-state index contributed by atoms with van der Waals surface area (Å²) in [5, 5.41) is -0.875. The lowest BCUT2D eigenvalue weighted by molar-refractivity contribution is -0.113. The average molecular weight is 421 g/mol. The molecule has 0 fully saturated rings. The van der Waals surface area contributed by atoms with Crippen molar-refractivity contribution in [2.75, 3.05) is 0 Å². The fourth-order valence-corrected chi connectivity index (χ4v) is 6.81. The second-order valence-electron chi connectivity index (χ2n) is 5.57. The zero-order chi connectivity index (χ0) is 16.9. The van der Waals surface area contributed by atoms with Crippen LogP contribution in [0.4, 0.5) is 0 Å². The van der Waals surface area contributed by atoms with Crippen molar-refractivity contribution in [2.45, 2.75) is 15.0 Å². The largest absolute Gasteiger partial charge is 0.294 e. The molecule has 2 aromatic carbocycles. The van der Waals surface area contributed by atoms with Gasteiger partial charge in [-0.1, -0.05) is 52.0 Å². The Labute approximate surface area is 154 Å². The van der Waals surface area contributed by atoms with Gasteiger partial charge in [0.1, 0.15) is 5.25 Å². The van der Waals surface area contributed by atoms with Crippen LogP contribution in [0.1, 0.15) is 0 Å². The van der Waals surface area contributed by atoms with Crippen LogP contribution in [-0.2, 0) is 4.79 Å². The van der Waals surface area contributed by atoms with E-state index >= 15 is 0 Å². The molecule has 1 heterocycles. The minimum Gasteiger partial charge on any atom is -0.294 e. The predicted octanol–water partition coefficient (Wildman–Crippen LogP) is 5.72. The van der Waals surface area contributed by atoms with Crippen LogP contribution in [0.5, 0.6) is 0 Å². The van der Waals surface area contributed by atoms with Crippen molar-refractivity contribution >= 4 is 44.1 Å². The number of ketones is 1. The van der Waals surface area contributed by atoms with Crippen LogP contribution in [0.25, 0.3) is 11.1 Å². The molecule has 4 rings (SSSR count). The SMILES string of the molecule is O=C1C=CC=C2Sc3ccc(-c4ccc(Br)cc4)cc3S(O)(O)C12. The van der Waals surface area contributed by atoms with Crippen molar-refractivity contribution in [3.8, 4) is 11.1 Å². The maximum atomic E-state index is 12.2. The molecule has 0 spiro atoms. The molecule has 1 aliphatic heterocycles. The summed E-state index contributed by atoms with van der Waals surface area (Å²) in [4.78, 5) is 14.2. The summed E-state index contributed by atoms with van der Waals surface area (Å²) in [5.41, 5.74) is 1.88. The number of allylic oxidation sites excluding steroid dienone is 3. The van der Waals surface area contributed by atoms with Crippen LogP contribution in [0, 0.1) is 0 Å². The van der Waals surface area contributed by atoms with E-state index in [1.165, 1.54) is 17.8 Å². The van der Waals surface area contributed by atoms with Gasteiger partial charge in [0, 0.05) is 14.3 Å². The molecule has 6 heteroatoms. The van der Waals surface area contributed by atoms with Crippen molar-refractivity contribution in [1.29, 1.82) is 0 Å². The first-order valence-corrected chi connectivity index (χ1v) is 10.5. The number of thioether (sulfide) groups is 1. The number of hydrogen-bond acceptors (Lipinski definition) is 4. The number of hydrogen-bond donors (Lipinski definition) is 2. The summed E-state index contributed by atoms with van der Waals surface area (Å²) in [6, 6.07) is 13.5. The standard InChI is InChI=1S/C18H13BrO3S2/c19-13-7-4-11(5-8-13)12-6-9-15-17(10-12)24(21,22)18-14(20)2-1-3-16(18)23-15/h1-10,18,21-22H. The monoisotopic (exact) mass is 420 g/mol. The molecule has 122 valence electrons. The van der Waals surface area contributed by atoms with Gasteiger partial charge in [-0.2, -0.15) is 10.6 Å². The second kappa shape index (κ2) is 5.89. The Bertz CT molecular complexity index is 901.